The van der Waals surface area contributed by atoms with Crippen LogP contribution in [0, 0.1) is 0 Å². The number of aromatic nitrogens is 2. The topological polar surface area (TPSA) is 140 Å². The lowest BCUT2D eigenvalue weighted by molar-refractivity contribution is 0.0529. The van der Waals surface area contributed by atoms with E-state index >= 15 is 0 Å². The van der Waals surface area contributed by atoms with Gasteiger partial charge in [-0.1, -0.05) is 0 Å². The van der Waals surface area contributed by atoms with Crippen molar-refractivity contribution in [3.63, 3.8) is 0 Å². The Bertz CT molecular complexity index is 1370. The van der Waals surface area contributed by atoms with E-state index in [1.165, 1.54) is 47.5 Å². The molecule has 0 bridgehead atoms. The highest BCUT2D eigenvalue weighted by atomic mass is 79.9. The largest absolute Gasteiger partial charge is 0.464 e. The molecule has 3 aromatic rings. The Kier molecular flexibility index (Phi) is 7.21. The number of hydrogen-bond donors (Lipinski definition) is 2. The number of nitrogens with zero attached hydrogens (tertiary/aromatic N) is 3. The number of ether oxygens (including phenoxy) is 1. The van der Waals surface area contributed by atoms with Gasteiger partial charge in [-0.25, -0.2) is 33.0 Å². The van der Waals surface area contributed by atoms with Crippen LogP contribution in [0.15, 0.2) is 48.1 Å². The van der Waals surface area contributed by atoms with Gasteiger partial charge in [-0.2, -0.15) is 5.10 Å². The molecule has 176 valence electrons. The van der Waals surface area contributed by atoms with Crippen LogP contribution in [0.2, 0.25) is 0 Å². The molecular weight excluding hydrogens is 556 g/mol. The maximum atomic E-state index is 13.4. The first kappa shape index (κ1) is 25.2. The molecule has 14 heteroatoms. The van der Waals surface area contributed by atoms with Crippen LogP contribution in [0.4, 0.5) is 9.59 Å². The molecule has 2 heterocycles. The molecular formula is C19H19BrN4O6S3. The molecule has 1 amide bonds. The minimum absolute atomic E-state index is 0.0476. The van der Waals surface area contributed by atoms with Crippen molar-refractivity contribution in [2.45, 2.75) is 40.4 Å². The van der Waals surface area contributed by atoms with Gasteiger partial charge in [0, 0.05) is 9.35 Å². The fraction of sp³-hybridized carbons (Fsp3) is 0.263. The Morgan fingerprint density at radius 1 is 1.33 bits per heavy atom. The SMILES string of the molecule is CSc1sc(C=NNC(=O)OC(C)(C)C)cc1S(=O)(=O)c1cc(Br)c2ncn(C(=O)O)c2c1. The molecule has 1 aromatic carbocycles. The van der Waals surface area contributed by atoms with Crippen LogP contribution in [0.3, 0.4) is 0 Å². The third-order valence-corrected chi connectivity index (χ3v) is 8.83. The van der Waals surface area contributed by atoms with Gasteiger partial charge in [0.2, 0.25) is 9.84 Å². The Morgan fingerprint density at radius 2 is 2.03 bits per heavy atom. The number of carbonyl (C=O) groups excluding carboxylic acids is 1. The van der Waals surface area contributed by atoms with Crippen molar-refractivity contribution in [2.24, 2.45) is 5.10 Å². The monoisotopic (exact) mass is 574 g/mol. The van der Waals surface area contributed by atoms with E-state index in [2.05, 4.69) is 31.4 Å². The summed E-state index contributed by atoms with van der Waals surface area (Å²) in [7, 11) is -4.01. The number of hydrogen-bond acceptors (Lipinski definition) is 9. The Balaban J connectivity index is 1.96. The minimum atomic E-state index is -4.01. The van der Waals surface area contributed by atoms with E-state index in [1.54, 1.807) is 27.0 Å². The molecule has 0 spiro atoms. The quantitative estimate of drug-likeness (QED) is 0.251. The van der Waals surface area contributed by atoms with E-state index in [0.717, 1.165) is 10.9 Å². The van der Waals surface area contributed by atoms with E-state index in [1.807, 2.05) is 0 Å². The predicted octanol–water partition coefficient (Wildman–Crippen LogP) is 4.80. The summed E-state index contributed by atoms with van der Waals surface area (Å²) in [5.74, 6) is 0. The predicted molar refractivity (Wildman–Crippen MR) is 129 cm³/mol. The molecule has 0 fully saturated rings. The number of thioether (sulfide) groups is 1. The average molecular weight is 575 g/mol. The van der Waals surface area contributed by atoms with Gasteiger partial charge < -0.3 is 9.84 Å². The second-order valence-corrected chi connectivity index (χ2v) is 12.5. The molecule has 3 rings (SSSR count). The standard InChI is InChI=1S/C19H19BrN4O6S3/c1-19(2,3)30-17(25)23-22-8-10-5-14(16(31-4)32-10)33(28,29)11-6-12(20)15-13(7-11)24(9-21-15)18(26)27/h5-9H,1-4H3,(H,23,25)(H,26,27). The Hall–Kier alpha value is -2.42. The maximum Gasteiger partial charge on any atom is 0.428 e. The number of imidazole rings is 1. The number of carbonyl (C=O) groups is 2. The van der Waals surface area contributed by atoms with E-state index < -0.39 is 27.6 Å². The maximum absolute atomic E-state index is 13.4. The van der Waals surface area contributed by atoms with Gasteiger partial charge in [-0.05, 0) is 61.2 Å². The molecule has 2 aromatic heterocycles. The second kappa shape index (κ2) is 9.44. The van der Waals surface area contributed by atoms with Gasteiger partial charge in [-0.3, -0.25) is 0 Å². The lowest BCUT2D eigenvalue weighted by Crippen LogP contribution is -2.29. The number of carboxylic acid groups (broad SMARTS) is 1. The normalized spacial score (nSPS) is 12.4. The summed E-state index contributed by atoms with van der Waals surface area (Å²) in [5, 5.41) is 13.2. The third kappa shape index (κ3) is 5.57. The molecule has 0 saturated heterocycles. The van der Waals surface area contributed by atoms with Crippen molar-refractivity contribution in [3.8, 4) is 0 Å². The molecule has 2 N–H and O–H groups in total. The van der Waals surface area contributed by atoms with E-state index in [9.17, 15) is 23.1 Å². The molecule has 0 aliphatic carbocycles. The van der Waals surface area contributed by atoms with Gasteiger partial charge in [0.05, 0.1) is 25.7 Å². The number of amides is 1. The average Bonchev–Trinajstić information content (AvgIpc) is 3.31. The number of nitrogens with one attached hydrogen (secondary N) is 1. The number of benzene rings is 1. The number of halogens is 1. The molecule has 0 saturated carbocycles. The van der Waals surface area contributed by atoms with Crippen LogP contribution in [0.25, 0.3) is 11.0 Å². The van der Waals surface area contributed by atoms with Gasteiger partial charge in [0.15, 0.2) is 0 Å². The van der Waals surface area contributed by atoms with Crippen LogP contribution < -0.4 is 5.43 Å². The van der Waals surface area contributed by atoms with Crippen molar-refractivity contribution in [1.82, 2.24) is 15.0 Å². The third-order valence-electron chi connectivity index (χ3n) is 4.00. The molecule has 10 nitrogen and oxygen atoms in total. The summed E-state index contributed by atoms with van der Waals surface area (Å²) in [5.41, 5.74) is 2.02. The molecule has 0 unspecified atom stereocenters. The summed E-state index contributed by atoms with van der Waals surface area (Å²) in [6.07, 6.45) is 2.16. The Morgan fingerprint density at radius 3 is 2.64 bits per heavy atom. The molecule has 0 aliphatic heterocycles. The van der Waals surface area contributed by atoms with E-state index in [4.69, 9.17) is 4.74 Å². The van der Waals surface area contributed by atoms with Gasteiger partial charge in [-0.15, -0.1) is 23.1 Å². The fourth-order valence-corrected chi connectivity index (χ4v) is 7.35. The zero-order valence-corrected chi connectivity index (χ0v) is 21.9. The summed E-state index contributed by atoms with van der Waals surface area (Å²) in [4.78, 5) is 27.6. The van der Waals surface area contributed by atoms with Gasteiger partial charge in [0.1, 0.15) is 17.4 Å². The van der Waals surface area contributed by atoms with Crippen molar-refractivity contribution >= 4 is 78.3 Å². The van der Waals surface area contributed by atoms with Crippen molar-refractivity contribution < 1.29 is 27.9 Å². The van der Waals surface area contributed by atoms with E-state index in [-0.39, 0.29) is 15.3 Å². The number of hydrazone groups is 1. The van der Waals surface area contributed by atoms with Crippen LogP contribution >= 0.6 is 39.0 Å². The zero-order valence-electron chi connectivity index (χ0n) is 17.8. The highest BCUT2D eigenvalue weighted by Crippen LogP contribution is 2.38. The number of fused-ring (bicyclic) bond motifs is 1. The highest BCUT2D eigenvalue weighted by molar-refractivity contribution is 9.10. The summed E-state index contributed by atoms with van der Waals surface area (Å²) >= 11 is 5.70. The van der Waals surface area contributed by atoms with Gasteiger partial charge >= 0.3 is 12.2 Å². The van der Waals surface area contributed by atoms with Crippen molar-refractivity contribution in [3.05, 3.63) is 33.9 Å². The Labute approximate surface area is 206 Å². The van der Waals surface area contributed by atoms with Crippen LogP contribution in [0.5, 0.6) is 0 Å². The number of thiophene rings is 1. The van der Waals surface area contributed by atoms with Gasteiger partial charge in [0.25, 0.3) is 0 Å². The lowest BCUT2D eigenvalue weighted by atomic mass is 10.2. The minimum Gasteiger partial charge on any atom is -0.464 e. The first-order valence-corrected chi connectivity index (χ1v) is 13.5. The zero-order chi connectivity index (χ0) is 24.6. The van der Waals surface area contributed by atoms with Crippen molar-refractivity contribution in [1.29, 1.82) is 0 Å². The summed E-state index contributed by atoms with van der Waals surface area (Å²) < 4.78 is 33.7. The molecule has 0 radical (unpaired) electrons. The molecule has 33 heavy (non-hydrogen) atoms. The molecule has 0 atom stereocenters. The van der Waals surface area contributed by atoms with E-state index in [0.29, 0.717) is 19.1 Å². The van der Waals surface area contributed by atoms with Crippen LogP contribution in [0.1, 0.15) is 25.6 Å². The lowest BCUT2D eigenvalue weighted by Gasteiger charge is -2.18. The van der Waals surface area contributed by atoms with Crippen LogP contribution in [-0.2, 0) is 14.6 Å². The summed E-state index contributed by atoms with van der Waals surface area (Å²) in [6, 6.07) is 4.10. The smallest absolute Gasteiger partial charge is 0.428 e. The second-order valence-electron chi connectivity index (χ2n) is 7.55. The first-order valence-electron chi connectivity index (χ1n) is 9.18. The summed E-state index contributed by atoms with van der Waals surface area (Å²) in [6.45, 7) is 5.16. The van der Waals surface area contributed by atoms with Crippen molar-refractivity contribution in [2.75, 3.05) is 6.26 Å². The first-order chi connectivity index (χ1) is 15.3. The number of rotatable bonds is 5. The fourth-order valence-electron chi connectivity index (χ4n) is 2.70. The van der Waals surface area contributed by atoms with Crippen LogP contribution in [-0.4, -0.2) is 53.3 Å². The number of sulfone groups is 1. The highest BCUT2D eigenvalue weighted by Gasteiger charge is 2.26. The molecule has 0 aliphatic rings.